The lowest BCUT2D eigenvalue weighted by atomic mass is 9.98. The highest BCUT2D eigenvalue weighted by Gasteiger charge is 2.04. The third-order valence-electron chi connectivity index (χ3n) is 4.62. The Hall–Kier alpha value is -2.54. The van der Waals surface area contributed by atoms with E-state index in [4.69, 9.17) is 0 Å². The van der Waals surface area contributed by atoms with Crippen LogP contribution in [0.2, 0.25) is 0 Å². The van der Waals surface area contributed by atoms with Crippen molar-refractivity contribution in [1.82, 2.24) is 0 Å². The Morgan fingerprint density at radius 1 is 0.543 bits per heavy atom. The van der Waals surface area contributed by atoms with Gasteiger partial charge in [0.2, 0.25) is 0 Å². The van der Waals surface area contributed by atoms with E-state index in [9.17, 15) is 5.11 Å². The van der Waals surface area contributed by atoms with Crippen molar-refractivity contribution in [1.29, 1.82) is 0 Å². The first-order valence-corrected chi connectivity index (χ1v) is 12.8. The molecule has 1 aromatic rings. The van der Waals surface area contributed by atoms with Crippen molar-refractivity contribution in [3.05, 3.63) is 108 Å². The summed E-state index contributed by atoms with van der Waals surface area (Å²) in [5.41, 5.74) is 2.54. The van der Waals surface area contributed by atoms with Crippen molar-refractivity contribution in [3.63, 3.8) is 0 Å². The largest absolute Gasteiger partial charge is 0.508 e. The van der Waals surface area contributed by atoms with Crippen LogP contribution in [-0.4, -0.2) is 5.11 Å². The fourth-order valence-corrected chi connectivity index (χ4v) is 3.10. The average Bonchev–Trinajstić information content (AvgIpc) is 2.92. The molecule has 0 radical (unpaired) electrons. The average molecular weight is 487 g/mol. The van der Waals surface area contributed by atoms with E-state index in [0.717, 1.165) is 30.2 Å². The van der Waals surface area contributed by atoms with Crippen molar-refractivity contribution < 1.29 is 5.11 Å². The first kappa shape index (κ1) is 45.9. The first-order valence-electron chi connectivity index (χ1n) is 12.8. The molecule has 0 spiro atoms. The van der Waals surface area contributed by atoms with Crippen LogP contribution in [0.3, 0.4) is 0 Å². The molecule has 0 aromatic heterocycles. The number of rotatable bonds is 12. The standard InChI is InChI=1S/C22H38O.6C2H4/c1-18(2)11-7-5-9-13-20-15-16-22(23)21(17-20)14-10-6-8-12-19(3)4;6*1-2/h15-19,23H,5-14H2,1-4H3;6*1-2H2. The molecular weight excluding hydrogens is 424 g/mol. The molecule has 1 rings (SSSR count). The highest BCUT2D eigenvalue weighted by atomic mass is 16.3. The van der Waals surface area contributed by atoms with Crippen molar-refractivity contribution in [2.45, 2.75) is 91.9 Å². The van der Waals surface area contributed by atoms with E-state index >= 15 is 0 Å². The lowest BCUT2D eigenvalue weighted by molar-refractivity contribution is 0.464. The minimum atomic E-state index is 0.484. The number of hydrogen-bond acceptors (Lipinski definition) is 1. The van der Waals surface area contributed by atoms with Gasteiger partial charge in [-0.15, -0.1) is 78.9 Å². The van der Waals surface area contributed by atoms with Gasteiger partial charge >= 0.3 is 0 Å². The van der Waals surface area contributed by atoms with Gasteiger partial charge in [-0.1, -0.05) is 78.4 Å². The molecule has 35 heavy (non-hydrogen) atoms. The van der Waals surface area contributed by atoms with Crippen LogP contribution >= 0.6 is 0 Å². The quantitative estimate of drug-likeness (QED) is 0.230. The molecule has 1 N–H and O–H groups in total. The summed E-state index contributed by atoms with van der Waals surface area (Å²) in [7, 11) is 0. The molecule has 0 amide bonds. The van der Waals surface area contributed by atoms with E-state index in [1.54, 1.807) is 0 Å². The molecule has 1 heteroatoms. The summed E-state index contributed by atoms with van der Waals surface area (Å²) in [5, 5.41) is 10.1. The van der Waals surface area contributed by atoms with E-state index in [0.29, 0.717) is 5.75 Å². The molecule has 0 bridgehead atoms. The minimum absolute atomic E-state index is 0.484. The maximum atomic E-state index is 10.1. The van der Waals surface area contributed by atoms with E-state index in [1.165, 1.54) is 56.9 Å². The van der Waals surface area contributed by atoms with Crippen LogP contribution in [0, 0.1) is 11.8 Å². The Morgan fingerprint density at radius 2 is 0.914 bits per heavy atom. The van der Waals surface area contributed by atoms with E-state index < -0.39 is 0 Å². The minimum Gasteiger partial charge on any atom is -0.508 e. The molecule has 0 fully saturated rings. The van der Waals surface area contributed by atoms with Gasteiger partial charge in [0.05, 0.1) is 0 Å². The highest BCUT2D eigenvalue weighted by molar-refractivity contribution is 5.36. The number of benzene rings is 1. The second-order valence-electron chi connectivity index (χ2n) is 7.95. The Kier molecular flexibility index (Phi) is 59.0. The topological polar surface area (TPSA) is 20.2 Å². The maximum absolute atomic E-state index is 10.1. The lowest BCUT2D eigenvalue weighted by Gasteiger charge is -2.09. The van der Waals surface area contributed by atoms with Crippen LogP contribution in [0.25, 0.3) is 0 Å². The Bertz CT molecular complexity index is 488. The second kappa shape index (κ2) is 45.0. The highest BCUT2D eigenvalue weighted by Crippen LogP contribution is 2.23. The molecule has 1 aromatic carbocycles. The Morgan fingerprint density at radius 3 is 1.29 bits per heavy atom. The number of phenolic OH excluding ortho intramolecular Hbond substituents is 1. The van der Waals surface area contributed by atoms with E-state index in [-0.39, 0.29) is 0 Å². The van der Waals surface area contributed by atoms with Crippen molar-refractivity contribution >= 4 is 0 Å². The zero-order valence-corrected chi connectivity index (χ0v) is 24.4. The molecule has 0 aliphatic rings. The molecule has 0 saturated heterocycles. The first-order chi connectivity index (χ1) is 17.0. The van der Waals surface area contributed by atoms with Gasteiger partial charge in [0.1, 0.15) is 5.75 Å². The number of aromatic hydroxyl groups is 1. The summed E-state index contributed by atoms with van der Waals surface area (Å²) in [4.78, 5) is 0. The van der Waals surface area contributed by atoms with Gasteiger partial charge in [0.15, 0.2) is 0 Å². The van der Waals surface area contributed by atoms with Crippen LogP contribution in [0.1, 0.15) is 90.2 Å². The third kappa shape index (κ3) is 39.0. The van der Waals surface area contributed by atoms with E-state index in [1.807, 2.05) is 6.07 Å². The summed E-state index contributed by atoms with van der Waals surface area (Å²) in [5.74, 6) is 2.12. The predicted molar refractivity (Wildman–Crippen MR) is 170 cm³/mol. The fraction of sp³-hybridized carbons (Fsp3) is 0.471. The zero-order chi connectivity index (χ0) is 29.1. The molecule has 0 saturated carbocycles. The molecule has 0 aliphatic carbocycles. The lowest BCUT2D eigenvalue weighted by Crippen LogP contribution is -1.93. The van der Waals surface area contributed by atoms with Gasteiger partial charge in [0, 0.05) is 0 Å². The smallest absolute Gasteiger partial charge is 0.118 e. The van der Waals surface area contributed by atoms with Gasteiger partial charge < -0.3 is 5.11 Å². The van der Waals surface area contributed by atoms with Crippen LogP contribution < -0.4 is 0 Å². The van der Waals surface area contributed by atoms with Gasteiger partial charge in [-0.05, 0) is 54.7 Å². The number of phenols is 1. The summed E-state index contributed by atoms with van der Waals surface area (Å²) >= 11 is 0. The van der Waals surface area contributed by atoms with Crippen molar-refractivity contribution in [2.75, 3.05) is 0 Å². The summed E-state index contributed by atoms with van der Waals surface area (Å²) < 4.78 is 0. The van der Waals surface area contributed by atoms with Crippen LogP contribution in [0.4, 0.5) is 0 Å². The number of hydrogen-bond donors (Lipinski definition) is 1. The fourth-order valence-electron chi connectivity index (χ4n) is 3.10. The predicted octanol–water partition coefficient (Wildman–Crippen LogP) is 11.7. The third-order valence-corrected chi connectivity index (χ3v) is 4.62. The normalized spacial score (nSPS) is 8.29. The second-order valence-corrected chi connectivity index (χ2v) is 7.95. The summed E-state index contributed by atoms with van der Waals surface area (Å²) in [6.07, 6.45) is 12.6. The summed E-state index contributed by atoms with van der Waals surface area (Å²) in [6.45, 7) is 45.2. The van der Waals surface area contributed by atoms with Gasteiger partial charge in [0.25, 0.3) is 0 Å². The molecule has 0 aliphatic heterocycles. The Balaban J connectivity index is -0.000000152. The number of aryl methyl sites for hydroxylation is 2. The van der Waals surface area contributed by atoms with Gasteiger partial charge in [-0.2, -0.15) is 0 Å². The molecular formula is C34H62O. The van der Waals surface area contributed by atoms with Crippen LogP contribution in [0.5, 0.6) is 5.75 Å². The van der Waals surface area contributed by atoms with Gasteiger partial charge in [-0.25, -0.2) is 0 Å². The molecule has 1 nitrogen and oxygen atoms in total. The zero-order valence-electron chi connectivity index (χ0n) is 24.4. The number of unbranched alkanes of at least 4 members (excludes halogenated alkanes) is 4. The Labute approximate surface area is 222 Å². The molecule has 0 unspecified atom stereocenters. The van der Waals surface area contributed by atoms with Crippen LogP contribution in [-0.2, 0) is 12.8 Å². The van der Waals surface area contributed by atoms with E-state index in [2.05, 4.69) is 119 Å². The molecule has 204 valence electrons. The van der Waals surface area contributed by atoms with Crippen molar-refractivity contribution in [2.24, 2.45) is 11.8 Å². The van der Waals surface area contributed by atoms with Crippen LogP contribution in [0.15, 0.2) is 97.1 Å². The van der Waals surface area contributed by atoms with Gasteiger partial charge in [-0.3, -0.25) is 0 Å². The summed E-state index contributed by atoms with van der Waals surface area (Å²) in [6, 6.07) is 6.23. The maximum Gasteiger partial charge on any atom is 0.118 e. The molecule has 0 atom stereocenters. The molecule has 0 heterocycles. The van der Waals surface area contributed by atoms with Crippen molar-refractivity contribution in [3.8, 4) is 5.75 Å². The monoisotopic (exact) mass is 486 g/mol. The SMILES string of the molecule is C=C.C=C.C=C.C=C.C=C.C=C.CC(C)CCCCCc1ccc(O)c(CCCCCC(C)C)c1.